The lowest BCUT2D eigenvalue weighted by atomic mass is 10.1. The lowest BCUT2D eigenvalue weighted by molar-refractivity contribution is 0.0999. The Hall–Kier alpha value is -1.36. The van der Waals surface area contributed by atoms with Crippen LogP contribution in [0.5, 0.6) is 0 Å². The number of para-hydroxylation sites is 1. The third-order valence-electron chi connectivity index (χ3n) is 3.34. The van der Waals surface area contributed by atoms with E-state index in [1.165, 1.54) is 5.56 Å². The summed E-state index contributed by atoms with van der Waals surface area (Å²) in [7, 11) is 0. The normalized spacial score (nSPS) is 10.3. The van der Waals surface area contributed by atoms with Gasteiger partial charge in [-0.1, -0.05) is 30.3 Å². The summed E-state index contributed by atoms with van der Waals surface area (Å²) in [5.41, 5.74) is 3.11. The second-order valence-electron chi connectivity index (χ2n) is 4.73. The first-order chi connectivity index (χ1) is 9.61. The van der Waals surface area contributed by atoms with E-state index in [4.69, 9.17) is 0 Å². The quantitative estimate of drug-likeness (QED) is 0.570. The van der Waals surface area contributed by atoms with E-state index < -0.39 is 0 Å². The fraction of sp³-hybridized carbons (Fsp3) is 0.235. The predicted octanol–water partition coefficient (Wildman–Crippen LogP) is 4.31. The van der Waals surface area contributed by atoms with E-state index in [2.05, 4.69) is 53.5 Å². The zero-order valence-corrected chi connectivity index (χ0v) is 13.9. The smallest absolute Gasteiger partial charge is 0.182 e. The third kappa shape index (κ3) is 3.60. The van der Waals surface area contributed by atoms with Crippen LogP contribution >= 0.6 is 22.6 Å². The van der Waals surface area contributed by atoms with E-state index in [0.717, 1.165) is 21.4 Å². The van der Waals surface area contributed by atoms with E-state index in [0.29, 0.717) is 6.54 Å². The van der Waals surface area contributed by atoms with Gasteiger partial charge in [-0.05, 0) is 60.2 Å². The molecule has 0 bridgehead atoms. The fourth-order valence-electron chi connectivity index (χ4n) is 2.19. The van der Waals surface area contributed by atoms with Crippen molar-refractivity contribution in [3.8, 4) is 0 Å². The molecule has 0 radical (unpaired) electrons. The van der Waals surface area contributed by atoms with Gasteiger partial charge < -0.3 is 4.90 Å². The number of hydrogen-bond donors (Lipinski definition) is 0. The minimum atomic E-state index is 0.159. The van der Waals surface area contributed by atoms with Crippen LogP contribution in [-0.4, -0.2) is 18.9 Å². The van der Waals surface area contributed by atoms with Crippen LogP contribution in [0.3, 0.4) is 0 Å². The second kappa shape index (κ2) is 6.88. The number of anilines is 1. The first-order valence-corrected chi connectivity index (χ1v) is 7.79. The number of likely N-dealkylation sites (N-methyl/N-ethyl adjacent to an activating group) is 1. The molecule has 0 spiro atoms. The molecule has 0 saturated heterocycles. The Labute approximate surface area is 133 Å². The molecule has 2 nitrogen and oxygen atoms in total. The molecule has 0 aromatic heterocycles. The van der Waals surface area contributed by atoms with E-state index >= 15 is 0 Å². The monoisotopic (exact) mass is 379 g/mol. The van der Waals surface area contributed by atoms with E-state index in [1.807, 2.05) is 36.4 Å². The zero-order valence-electron chi connectivity index (χ0n) is 11.8. The van der Waals surface area contributed by atoms with Gasteiger partial charge in [0, 0.05) is 21.4 Å². The van der Waals surface area contributed by atoms with Crippen molar-refractivity contribution < 1.29 is 4.79 Å². The molecular formula is C17H18INO. The van der Waals surface area contributed by atoms with Crippen molar-refractivity contribution in [1.82, 2.24) is 0 Å². The molecule has 2 rings (SSSR count). The van der Waals surface area contributed by atoms with E-state index in [1.54, 1.807) is 0 Å². The number of Topliss-reactive ketones (excluding diaryl/α,β-unsaturated/α-hetero) is 1. The molecule has 0 amide bonds. The number of carbonyl (C=O) groups is 1. The molecule has 0 saturated carbocycles. The van der Waals surface area contributed by atoms with Gasteiger partial charge >= 0.3 is 0 Å². The molecule has 0 unspecified atom stereocenters. The van der Waals surface area contributed by atoms with Crippen molar-refractivity contribution in [3.63, 3.8) is 0 Å². The van der Waals surface area contributed by atoms with Gasteiger partial charge in [0.1, 0.15) is 0 Å². The van der Waals surface area contributed by atoms with E-state index in [-0.39, 0.29) is 5.78 Å². The third-order valence-corrected chi connectivity index (χ3v) is 4.06. The number of rotatable bonds is 5. The maximum Gasteiger partial charge on any atom is 0.182 e. The Morgan fingerprint density at radius 3 is 2.35 bits per heavy atom. The Balaban J connectivity index is 2.16. The van der Waals surface area contributed by atoms with Crippen LogP contribution in [0, 0.1) is 10.5 Å². The molecule has 0 atom stereocenters. The zero-order chi connectivity index (χ0) is 14.5. The Bertz CT molecular complexity index is 592. The van der Waals surface area contributed by atoms with Gasteiger partial charge in [-0.3, -0.25) is 4.79 Å². The average Bonchev–Trinajstić information content (AvgIpc) is 2.46. The molecular weight excluding hydrogens is 361 g/mol. The van der Waals surface area contributed by atoms with Gasteiger partial charge in [-0.15, -0.1) is 0 Å². The van der Waals surface area contributed by atoms with Gasteiger partial charge in [0.15, 0.2) is 5.78 Å². The van der Waals surface area contributed by atoms with Crippen LogP contribution in [-0.2, 0) is 0 Å². The summed E-state index contributed by atoms with van der Waals surface area (Å²) in [6, 6.07) is 15.9. The maximum absolute atomic E-state index is 12.4. The molecule has 0 aliphatic rings. The number of ketones is 1. The summed E-state index contributed by atoms with van der Waals surface area (Å²) < 4.78 is 1.14. The molecule has 0 N–H and O–H groups in total. The van der Waals surface area contributed by atoms with Crippen molar-refractivity contribution >= 4 is 34.1 Å². The summed E-state index contributed by atoms with van der Waals surface area (Å²) in [5, 5.41) is 0. The van der Waals surface area contributed by atoms with Crippen LogP contribution in [0.2, 0.25) is 0 Å². The number of hydrogen-bond acceptors (Lipinski definition) is 2. The number of aryl methyl sites for hydroxylation is 1. The summed E-state index contributed by atoms with van der Waals surface area (Å²) >= 11 is 2.24. The van der Waals surface area contributed by atoms with Gasteiger partial charge in [-0.25, -0.2) is 0 Å². The highest BCUT2D eigenvalue weighted by Gasteiger charge is 2.13. The topological polar surface area (TPSA) is 20.3 Å². The van der Waals surface area contributed by atoms with Crippen molar-refractivity contribution in [3.05, 3.63) is 63.2 Å². The molecule has 0 aliphatic carbocycles. The lowest BCUT2D eigenvalue weighted by Crippen LogP contribution is -2.30. The number of halogens is 1. The van der Waals surface area contributed by atoms with Crippen molar-refractivity contribution in [2.24, 2.45) is 0 Å². The lowest BCUT2D eigenvalue weighted by Gasteiger charge is -2.24. The van der Waals surface area contributed by atoms with Crippen molar-refractivity contribution in [2.45, 2.75) is 13.8 Å². The van der Waals surface area contributed by atoms with Gasteiger partial charge in [0.2, 0.25) is 0 Å². The molecule has 2 aromatic carbocycles. The first-order valence-electron chi connectivity index (χ1n) is 6.71. The van der Waals surface area contributed by atoms with Crippen molar-refractivity contribution in [1.29, 1.82) is 0 Å². The highest BCUT2D eigenvalue weighted by atomic mass is 127. The molecule has 0 heterocycles. The average molecular weight is 379 g/mol. The van der Waals surface area contributed by atoms with Gasteiger partial charge in [0.25, 0.3) is 0 Å². The Morgan fingerprint density at radius 1 is 1.10 bits per heavy atom. The number of carbonyl (C=O) groups excluding carboxylic acids is 1. The van der Waals surface area contributed by atoms with Crippen LogP contribution in [0.4, 0.5) is 5.69 Å². The Kier molecular flexibility index (Phi) is 5.17. The SMILES string of the molecule is CCN(CC(=O)c1ccc(I)cc1)c1ccccc1C. The summed E-state index contributed by atoms with van der Waals surface area (Å²) in [6.45, 7) is 5.39. The van der Waals surface area contributed by atoms with Gasteiger partial charge in [0.05, 0.1) is 6.54 Å². The van der Waals surface area contributed by atoms with Crippen LogP contribution in [0.25, 0.3) is 0 Å². The summed E-state index contributed by atoms with van der Waals surface area (Å²) in [6.07, 6.45) is 0. The molecule has 20 heavy (non-hydrogen) atoms. The first kappa shape index (κ1) is 15.0. The van der Waals surface area contributed by atoms with Crippen LogP contribution in [0.1, 0.15) is 22.8 Å². The minimum Gasteiger partial charge on any atom is -0.364 e. The molecule has 0 fully saturated rings. The fourth-order valence-corrected chi connectivity index (χ4v) is 2.55. The summed E-state index contributed by atoms with van der Waals surface area (Å²) in [4.78, 5) is 14.5. The second-order valence-corrected chi connectivity index (χ2v) is 5.98. The largest absolute Gasteiger partial charge is 0.364 e. The van der Waals surface area contributed by atoms with Crippen LogP contribution in [0.15, 0.2) is 48.5 Å². The molecule has 0 aliphatic heterocycles. The van der Waals surface area contributed by atoms with E-state index in [9.17, 15) is 4.79 Å². The van der Waals surface area contributed by atoms with Crippen LogP contribution < -0.4 is 4.90 Å². The predicted molar refractivity (Wildman–Crippen MR) is 92.6 cm³/mol. The minimum absolute atomic E-state index is 0.159. The standard InChI is InChI=1S/C17H18INO/c1-3-19(16-7-5-4-6-13(16)2)12-17(20)14-8-10-15(18)11-9-14/h4-11H,3,12H2,1-2H3. The molecule has 3 heteroatoms. The highest BCUT2D eigenvalue weighted by molar-refractivity contribution is 14.1. The van der Waals surface area contributed by atoms with Gasteiger partial charge in [-0.2, -0.15) is 0 Å². The molecule has 104 valence electrons. The number of nitrogens with zero attached hydrogens (tertiary/aromatic N) is 1. The molecule has 2 aromatic rings. The van der Waals surface area contributed by atoms with Crippen molar-refractivity contribution in [2.75, 3.05) is 18.0 Å². The maximum atomic E-state index is 12.4. The Morgan fingerprint density at radius 2 is 1.75 bits per heavy atom. The highest BCUT2D eigenvalue weighted by Crippen LogP contribution is 2.19. The number of benzene rings is 2. The summed E-state index contributed by atoms with van der Waals surface area (Å²) in [5.74, 6) is 0.159.